The third-order valence-electron chi connectivity index (χ3n) is 3.85. The Hall–Kier alpha value is -0.420. The summed E-state index contributed by atoms with van der Waals surface area (Å²) in [7, 11) is 0. The monoisotopic (exact) mass is 311 g/mol. The summed E-state index contributed by atoms with van der Waals surface area (Å²) in [5.74, 6) is 0. The zero-order chi connectivity index (χ0) is 12.4. The first-order valence-electron chi connectivity index (χ1n) is 6.43. The number of hydrogen-bond donors (Lipinski definition) is 1. The predicted octanol–water partition coefficient (Wildman–Crippen LogP) is 2.10. The molecule has 2 fully saturated rings. The summed E-state index contributed by atoms with van der Waals surface area (Å²) in [6, 6.07) is 9.08. The standard InChI is InChI=1S/C14H18BrNO2/c15-12-3-1-11(2-4-12)14(9-18-10-14)7-13-8-17-6-5-16-13/h1-4,13,16H,5-10H2. The van der Waals surface area contributed by atoms with Crippen molar-refractivity contribution in [2.24, 2.45) is 0 Å². The normalized spacial score (nSPS) is 26.6. The lowest BCUT2D eigenvalue weighted by atomic mass is 9.74. The molecule has 0 spiro atoms. The summed E-state index contributed by atoms with van der Waals surface area (Å²) in [6.45, 7) is 4.26. The van der Waals surface area contributed by atoms with Crippen LogP contribution in [0.4, 0.5) is 0 Å². The molecule has 0 saturated carbocycles. The molecule has 3 nitrogen and oxygen atoms in total. The Bertz CT molecular complexity index is 397. The van der Waals surface area contributed by atoms with E-state index in [-0.39, 0.29) is 5.41 Å². The molecular weight excluding hydrogens is 294 g/mol. The average Bonchev–Trinajstić information content (AvgIpc) is 2.36. The van der Waals surface area contributed by atoms with E-state index in [9.17, 15) is 0 Å². The SMILES string of the molecule is Brc1ccc(C2(CC3COCCN3)COC2)cc1. The molecule has 98 valence electrons. The summed E-state index contributed by atoms with van der Waals surface area (Å²) in [4.78, 5) is 0. The van der Waals surface area contributed by atoms with Gasteiger partial charge in [0.15, 0.2) is 0 Å². The highest BCUT2D eigenvalue weighted by Gasteiger charge is 2.42. The van der Waals surface area contributed by atoms with Gasteiger partial charge in [-0.05, 0) is 24.1 Å². The minimum atomic E-state index is 0.180. The molecule has 2 heterocycles. The van der Waals surface area contributed by atoms with Crippen molar-refractivity contribution in [2.75, 3.05) is 33.0 Å². The van der Waals surface area contributed by atoms with Gasteiger partial charge in [-0.3, -0.25) is 0 Å². The van der Waals surface area contributed by atoms with E-state index in [2.05, 4.69) is 45.5 Å². The van der Waals surface area contributed by atoms with Crippen LogP contribution in [0, 0.1) is 0 Å². The van der Waals surface area contributed by atoms with Gasteiger partial charge in [-0.1, -0.05) is 28.1 Å². The molecule has 0 radical (unpaired) electrons. The Balaban J connectivity index is 1.74. The van der Waals surface area contributed by atoms with Crippen LogP contribution >= 0.6 is 15.9 Å². The second kappa shape index (κ2) is 5.29. The molecule has 2 aliphatic heterocycles. The highest BCUT2D eigenvalue weighted by molar-refractivity contribution is 9.10. The highest BCUT2D eigenvalue weighted by Crippen LogP contribution is 2.37. The summed E-state index contributed by atoms with van der Waals surface area (Å²) in [5, 5.41) is 3.53. The quantitative estimate of drug-likeness (QED) is 0.927. The van der Waals surface area contributed by atoms with Crippen molar-refractivity contribution in [3.05, 3.63) is 34.3 Å². The van der Waals surface area contributed by atoms with Gasteiger partial charge in [0, 0.05) is 22.5 Å². The minimum absolute atomic E-state index is 0.180. The van der Waals surface area contributed by atoms with Gasteiger partial charge in [0.25, 0.3) is 0 Å². The van der Waals surface area contributed by atoms with Crippen LogP contribution in [0.1, 0.15) is 12.0 Å². The Morgan fingerprint density at radius 1 is 1.22 bits per heavy atom. The van der Waals surface area contributed by atoms with E-state index < -0.39 is 0 Å². The van der Waals surface area contributed by atoms with Crippen LogP contribution in [-0.4, -0.2) is 39.0 Å². The number of nitrogens with one attached hydrogen (secondary N) is 1. The van der Waals surface area contributed by atoms with Gasteiger partial charge in [-0.2, -0.15) is 0 Å². The molecule has 0 aliphatic carbocycles. The molecule has 1 atom stereocenters. The third kappa shape index (κ3) is 2.48. The van der Waals surface area contributed by atoms with Crippen molar-refractivity contribution in [2.45, 2.75) is 17.9 Å². The topological polar surface area (TPSA) is 30.5 Å². The van der Waals surface area contributed by atoms with Crippen molar-refractivity contribution in [3.8, 4) is 0 Å². The van der Waals surface area contributed by atoms with Gasteiger partial charge in [-0.25, -0.2) is 0 Å². The molecule has 1 N–H and O–H groups in total. The Kier molecular flexibility index (Phi) is 3.71. The lowest BCUT2D eigenvalue weighted by Crippen LogP contribution is -2.53. The molecule has 18 heavy (non-hydrogen) atoms. The average molecular weight is 312 g/mol. The molecule has 2 saturated heterocycles. The van der Waals surface area contributed by atoms with Crippen molar-refractivity contribution in [1.29, 1.82) is 0 Å². The van der Waals surface area contributed by atoms with E-state index in [0.717, 1.165) is 43.9 Å². The molecule has 2 aliphatic rings. The zero-order valence-electron chi connectivity index (χ0n) is 10.3. The van der Waals surface area contributed by atoms with Gasteiger partial charge >= 0.3 is 0 Å². The van der Waals surface area contributed by atoms with Crippen molar-refractivity contribution in [3.63, 3.8) is 0 Å². The summed E-state index contributed by atoms with van der Waals surface area (Å²) >= 11 is 3.49. The second-order valence-corrected chi connectivity index (χ2v) is 6.13. The lowest BCUT2D eigenvalue weighted by molar-refractivity contribution is -0.0753. The van der Waals surface area contributed by atoms with Crippen LogP contribution in [0.5, 0.6) is 0 Å². The van der Waals surface area contributed by atoms with E-state index in [1.165, 1.54) is 5.56 Å². The van der Waals surface area contributed by atoms with E-state index in [4.69, 9.17) is 9.47 Å². The predicted molar refractivity (Wildman–Crippen MR) is 73.9 cm³/mol. The van der Waals surface area contributed by atoms with Gasteiger partial charge in [-0.15, -0.1) is 0 Å². The van der Waals surface area contributed by atoms with E-state index in [1.807, 2.05) is 0 Å². The number of ether oxygens (including phenoxy) is 2. The molecule has 3 rings (SSSR count). The van der Waals surface area contributed by atoms with Crippen LogP contribution in [0.15, 0.2) is 28.7 Å². The molecule has 4 heteroatoms. The Labute approximate surface area is 116 Å². The second-order valence-electron chi connectivity index (χ2n) is 5.21. The maximum atomic E-state index is 5.54. The van der Waals surface area contributed by atoms with Gasteiger partial charge in [0.1, 0.15) is 0 Å². The van der Waals surface area contributed by atoms with Crippen LogP contribution in [0.3, 0.4) is 0 Å². The minimum Gasteiger partial charge on any atom is -0.379 e. The maximum Gasteiger partial charge on any atom is 0.0620 e. The first-order valence-corrected chi connectivity index (χ1v) is 7.23. The molecule has 1 unspecified atom stereocenters. The Morgan fingerprint density at radius 3 is 2.56 bits per heavy atom. The molecule has 1 aromatic carbocycles. The van der Waals surface area contributed by atoms with Crippen LogP contribution in [-0.2, 0) is 14.9 Å². The van der Waals surface area contributed by atoms with E-state index >= 15 is 0 Å². The fourth-order valence-electron chi connectivity index (χ4n) is 2.78. The fraction of sp³-hybridized carbons (Fsp3) is 0.571. The smallest absolute Gasteiger partial charge is 0.0620 e. The molecule has 0 amide bonds. The number of benzene rings is 1. The van der Waals surface area contributed by atoms with Crippen LogP contribution < -0.4 is 5.32 Å². The van der Waals surface area contributed by atoms with E-state index in [1.54, 1.807) is 0 Å². The molecular formula is C14H18BrNO2. The van der Waals surface area contributed by atoms with Crippen LogP contribution in [0.25, 0.3) is 0 Å². The first kappa shape index (κ1) is 12.6. The molecule has 0 bridgehead atoms. The molecule has 0 aromatic heterocycles. The van der Waals surface area contributed by atoms with Gasteiger partial charge in [0.05, 0.1) is 26.4 Å². The zero-order valence-corrected chi connectivity index (χ0v) is 11.9. The summed E-state index contributed by atoms with van der Waals surface area (Å²) < 4.78 is 12.2. The summed E-state index contributed by atoms with van der Waals surface area (Å²) in [5.41, 5.74) is 1.56. The lowest BCUT2D eigenvalue weighted by Gasteiger charge is -2.44. The summed E-state index contributed by atoms with van der Waals surface area (Å²) in [6.07, 6.45) is 1.09. The van der Waals surface area contributed by atoms with Gasteiger partial charge < -0.3 is 14.8 Å². The number of rotatable bonds is 3. The largest absolute Gasteiger partial charge is 0.379 e. The maximum absolute atomic E-state index is 5.54. The fourth-order valence-corrected chi connectivity index (χ4v) is 3.04. The van der Waals surface area contributed by atoms with Crippen molar-refractivity contribution in [1.82, 2.24) is 5.32 Å². The highest BCUT2D eigenvalue weighted by atomic mass is 79.9. The van der Waals surface area contributed by atoms with E-state index in [0.29, 0.717) is 6.04 Å². The molecule has 1 aromatic rings. The van der Waals surface area contributed by atoms with Crippen LogP contribution in [0.2, 0.25) is 0 Å². The number of morpholine rings is 1. The Morgan fingerprint density at radius 2 is 2.00 bits per heavy atom. The van der Waals surface area contributed by atoms with Crippen molar-refractivity contribution >= 4 is 15.9 Å². The number of halogens is 1. The number of hydrogen-bond acceptors (Lipinski definition) is 3. The van der Waals surface area contributed by atoms with Gasteiger partial charge in [0.2, 0.25) is 0 Å². The first-order chi connectivity index (χ1) is 8.78. The van der Waals surface area contributed by atoms with Crippen molar-refractivity contribution < 1.29 is 9.47 Å². The third-order valence-corrected chi connectivity index (χ3v) is 4.38.